The van der Waals surface area contributed by atoms with E-state index in [0.29, 0.717) is 12.2 Å². The van der Waals surface area contributed by atoms with Crippen molar-refractivity contribution in [3.05, 3.63) is 29.3 Å². The van der Waals surface area contributed by atoms with E-state index in [1.165, 1.54) is 6.07 Å². The predicted molar refractivity (Wildman–Crippen MR) is 69.5 cm³/mol. The van der Waals surface area contributed by atoms with E-state index in [9.17, 15) is 18.0 Å². The van der Waals surface area contributed by atoms with Crippen LogP contribution >= 0.6 is 0 Å². The number of rotatable bonds is 3. The second-order valence-electron chi connectivity index (χ2n) is 5.23. The molecule has 4 N–H and O–H groups in total. The first-order valence-corrected chi connectivity index (χ1v) is 6.21. The van der Waals surface area contributed by atoms with Crippen molar-refractivity contribution in [2.24, 2.45) is 5.73 Å². The number of hydrogen-bond acceptors (Lipinski definition) is 3. The van der Waals surface area contributed by atoms with Crippen LogP contribution in [-0.4, -0.2) is 24.5 Å². The fourth-order valence-corrected chi connectivity index (χ4v) is 2.34. The number of benzene rings is 1. The van der Waals surface area contributed by atoms with Gasteiger partial charge in [-0.1, -0.05) is 0 Å². The summed E-state index contributed by atoms with van der Waals surface area (Å²) in [5.41, 5.74) is 3.49. The number of alkyl halides is 3. The monoisotopic (exact) mass is 287 g/mol. The Hall–Kier alpha value is -1.76. The minimum Gasteiger partial charge on any atom is -0.379 e. The van der Waals surface area contributed by atoms with Gasteiger partial charge < -0.3 is 16.4 Å². The van der Waals surface area contributed by atoms with E-state index in [1.807, 2.05) is 6.92 Å². The molecular weight excluding hydrogens is 271 g/mol. The van der Waals surface area contributed by atoms with Crippen LogP contribution in [0.4, 0.5) is 18.9 Å². The summed E-state index contributed by atoms with van der Waals surface area (Å²) in [7, 11) is 0. The molecule has 0 aromatic heterocycles. The molecular formula is C13H16F3N3O. The molecule has 1 fully saturated rings. The number of primary amides is 1. The first kappa shape index (κ1) is 14.6. The highest BCUT2D eigenvalue weighted by molar-refractivity contribution is 5.95. The number of carbonyl (C=O) groups excluding carboxylic acids is 1. The van der Waals surface area contributed by atoms with Crippen LogP contribution in [0, 0.1) is 0 Å². The van der Waals surface area contributed by atoms with Gasteiger partial charge >= 0.3 is 6.18 Å². The van der Waals surface area contributed by atoms with Crippen molar-refractivity contribution in [2.75, 3.05) is 18.4 Å². The summed E-state index contributed by atoms with van der Waals surface area (Å²) in [5.74, 6) is -1.09. The van der Waals surface area contributed by atoms with Crippen molar-refractivity contribution in [2.45, 2.75) is 25.1 Å². The lowest BCUT2D eigenvalue weighted by atomic mass is 9.99. The zero-order valence-corrected chi connectivity index (χ0v) is 11.0. The van der Waals surface area contributed by atoms with Gasteiger partial charge in [-0.25, -0.2) is 0 Å². The van der Waals surface area contributed by atoms with Gasteiger partial charge in [0.2, 0.25) is 5.91 Å². The van der Waals surface area contributed by atoms with Crippen LogP contribution in [0.25, 0.3) is 0 Å². The summed E-state index contributed by atoms with van der Waals surface area (Å²) in [6.45, 7) is 3.42. The summed E-state index contributed by atoms with van der Waals surface area (Å²) < 4.78 is 38.8. The van der Waals surface area contributed by atoms with E-state index in [2.05, 4.69) is 10.6 Å². The van der Waals surface area contributed by atoms with E-state index < -0.39 is 23.2 Å². The molecule has 1 unspecified atom stereocenters. The average Bonchev–Trinajstić information content (AvgIpc) is 2.74. The predicted octanol–water partition coefficient (Wildman–Crippen LogP) is 1.97. The van der Waals surface area contributed by atoms with E-state index in [-0.39, 0.29) is 5.54 Å². The van der Waals surface area contributed by atoms with E-state index in [0.717, 1.165) is 25.1 Å². The Labute approximate surface area is 114 Å². The minimum atomic E-state index is -4.61. The van der Waals surface area contributed by atoms with Gasteiger partial charge in [-0.2, -0.15) is 13.2 Å². The summed E-state index contributed by atoms with van der Waals surface area (Å²) >= 11 is 0. The first-order chi connectivity index (χ1) is 9.21. The molecule has 20 heavy (non-hydrogen) atoms. The van der Waals surface area contributed by atoms with Gasteiger partial charge in [0, 0.05) is 17.8 Å². The fraction of sp³-hybridized carbons (Fsp3) is 0.462. The molecule has 0 bridgehead atoms. The maximum absolute atomic E-state index is 12.9. The van der Waals surface area contributed by atoms with Crippen molar-refractivity contribution in [3.8, 4) is 0 Å². The molecule has 0 spiro atoms. The standard InChI is InChI=1S/C13H16F3N3O/c1-12(4-5-18-7-12)19-8-2-3-9(11(17)20)10(6-8)13(14,15)16/h2-3,6,18-19H,4-5,7H2,1H3,(H2,17,20). The van der Waals surface area contributed by atoms with Gasteiger partial charge in [0.15, 0.2) is 0 Å². The average molecular weight is 287 g/mol. The van der Waals surface area contributed by atoms with Crippen LogP contribution < -0.4 is 16.4 Å². The van der Waals surface area contributed by atoms with Crippen molar-refractivity contribution in [3.63, 3.8) is 0 Å². The topological polar surface area (TPSA) is 67.1 Å². The second-order valence-corrected chi connectivity index (χ2v) is 5.23. The van der Waals surface area contributed by atoms with Gasteiger partial charge in [-0.05, 0) is 38.1 Å². The molecule has 1 aliphatic rings. The number of anilines is 1. The number of halogens is 3. The SMILES string of the molecule is CC1(Nc2ccc(C(N)=O)c(C(F)(F)F)c2)CCNC1. The number of carbonyl (C=O) groups is 1. The van der Waals surface area contributed by atoms with Crippen molar-refractivity contribution in [1.82, 2.24) is 5.32 Å². The molecule has 1 aromatic carbocycles. The number of hydrogen-bond donors (Lipinski definition) is 3. The molecule has 4 nitrogen and oxygen atoms in total. The molecule has 1 heterocycles. The number of amides is 1. The highest BCUT2D eigenvalue weighted by atomic mass is 19.4. The largest absolute Gasteiger partial charge is 0.417 e. The molecule has 0 aliphatic carbocycles. The lowest BCUT2D eigenvalue weighted by molar-refractivity contribution is -0.137. The van der Waals surface area contributed by atoms with Gasteiger partial charge in [-0.15, -0.1) is 0 Å². The van der Waals surface area contributed by atoms with Crippen molar-refractivity contribution in [1.29, 1.82) is 0 Å². The minimum absolute atomic E-state index is 0.295. The Morgan fingerprint density at radius 2 is 2.15 bits per heavy atom. The van der Waals surface area contributed by atoms with Gasteiger partial charge in [-0.3, -0.25) is 4.79 Å². The fourth-order valence-electron chi connectivity index (χ4n) is 2.34. The molecule has 1 aliphatic heterocycles. The third kappa shape index (κ3) is 3.04. The maximum Gasteiger partial charge on any atom is 0.417 e. The lowest BCUT2D eigenvalue weighted by Gasteiger charge is -2.26. The highest BCUT2D eigenvalue weighted by Crippen LogP contribution is 2.34. The first-order valence-electron chi connectivity index (χ1n) is 6.21. The van der Waals surface area contributed by atoms with Crippen molar-refractivity contribution < 1.29 is 18.0 Å². The van der Waals surface area contributed by atoms with E-state index >= 15 is 0 Å². The van der Waals surface area contributed by atoms with E-state index in [1.54, 1.807) is 0 Å². The zero-order chi connectivity index (χ0) is 15.0. The summed E-state index contributed by atoms with van der Waals surface area (Å²) in [4.78, 5) is 11.1. The normalized spacial score (nSPS) is 22.8. The van der Waals surface area contributed by atoms with Crippen LogP contribution in [0.1, 0.15) is 29.3 Å². The van der Waals surface area contributed by atoms with Crippen LogP contribution in [-0.2, 0) is 6.18 Å². The Kier molecular flexibility index (Phi) is 3.64. The van der Waals surface area contributed by atoms with Gasteiger partial charge in [0.1, 0.15) is 0 Å². The number of nitrogens with one attached hydrogen (secondary N) is 2. The molecule has 2 rings (SSSR count). The van der Waals surface area contributed by atoms with Gasteiger partial charge in [0.25, 0.3) is 0 Å². The second kappa shape index (κ2) is 4.97. The third-order valence-corrected chi connectivity index (χ3v) is 3.41. The van der Waals surface area contributed by atoms with E-state index in [4.69, 9.17) is 5.73 Å². The van der Waals surface area contributed by atoms with Crippen LogP contribution in [0.2, 0.25) is 0 Å². The van der Waals surface area contributed by atoms with Gasteiger partial charge in [0.05, 0.1) is 11.1 Å². The number of nitrogens with two attached hydrogens (primary N) is 1. The van der Waals surface area contributed by atoms with Crippen LogP contribution in [0.3, 0.4) is 0 Å². The van der Waals surface area contributed by atoms with Crippen molar-refractivity contribution >= 4 is 11.6 Å². The summed E-state index contributed by atoms with van der Waals surface area (Å²) in [5, 5.41) is 6.23. The quantitative estimate of drug-likeness (QED) is 0.796. The summed E-state index contributed by atoms with van der Waals surface area (Å²) in [6, 6.07) is 3.49. The van der Waals surface area contributed by atoms with Crippen LogP contribution in [0.5, 0.6) is 0 Å². The molecule has 1 aromatic rings. The zero-order valence-electron chi connectivity index (χ0n) is 11.0. The molecule has 1 amide bonds. The Morgan fingerprint density at radius 1 is 1.45 bits per heavy atom. The van der Waals surface area contributed by atoms with Crippen LogP contribution in [0.15, 0.2) is 18.2 Å². The Balaban J connectivity index is 2.35. The Bertz CT molecular complexity index is 522. The lowest BCUT2D eigenvalue weighted by Crippen LogP contribution is -2.37. The molecule has 1 atom stereocenters. The Morgan fingerprint density at radius 3 is 2.65 bits per heavy atom. The molecule has 110 valence electrons. The summed E-state index contributed by atoms with van der Waals surface area (Å²) in [6.07, 6.45) is -3.80. The highest BCUT2D eigenvalue weighted by Gasteiger charge is 2.36. The smallest absolute Gasteiger partial charge is 0.379 e. The molecule has 0 radical (unpaired) electrons. The molecule has 1 saturated heterocycles. The third-order valence-electron chi connectivity index (χ3n) is 3.41. The molecule has 7 heteroatoms. The maximum atomic E-state index is 12.9. The molecule has 0 saturated carbocycles.